The van der Waals surface area contributed by atoms with Gasteiger partial charge in [0.15, 0.2) is 5.78 Å². The summed E-state index contributed by atoms with van der Waals surface area (Å²) >= 11 is 7.79. The number of aryl methyl sites for hydroxylation is 1. The number of carbonyl (C=O) groups is 5. The minimum absolute atomic E-state index is 0.0362. The molecule has 6 rings (SSSR count). The molecule has 14 nitrogen and oxygen atoms in total. The molecule has 356 valence electrons. The number of likely N-dealkylation sites (tertiary alicyclic amines) is 1. The zero-order valence-electron chi connectivity index (χ0n) is 39.4. The van der Waals surface area contributed by atoms with Crippen molar-refractivity contribution in [2.45, 2.75) is 118 Å². The van der Waals surface area contributed by atoms with Crippen molar-refractivity contribution in [1.29, 1.82) is 5.26 Å². The number of nitrogens with zero attached hydrogens (tertiary/aromatic N) is 3. The van der Waals surface area contributed by atoms with Crippen LogP contribution in [0.4, 0.5) is 0 Å². The number of hydrogen-bond donors (Lipinski definition) is 4. The number of halogens is 1. The van der Waals surface area contributed by atoms with Crippen LogP contribution in [0.3, 0.4) is 0 Å². The fraction of sp³-hybridized carbons (Fsp3) is 0.471. The van der Waals surface area contributed by atoms with E-state index in [0.717, 1.165) is 21.7 Å². The Morgan fingerprint density at radius 3 is 2.27 bits per heavy atom. The first-order valence-corrected chi connectivity index (χ1v) is 23.8. The summed E-state index contributed by atoms with van der Waals surface area (Å²) in [6.45, 7) is 15.6. The van der Waals surface area contributed by atoms with Gasteiger partial charge in [0.25, 0.3) is 5.91 Å². The van der Waals surface area contributed by atoms with E-state index < -0.39 is 46.2 Å². The molecule has 4 amide bonds. The number of thiazole rings is 1. The van der Waals surface area contributed by atoms with E-state index in [-0.39, 0.29) is 68.9 Å². The van der Waals surface area contributed by atoms with Crippen LogP contribution in [0.25, 0.3) is 10.4 Å². The van der Waals surface area contributed by atoms with Gasteiger partial charge in [-0.2, -0.15) is 5.26 Å². The molecular weight excluding hydrogens is 892 g/mol. The number of nitriles is 1. The molecule has 2 fully saturated rings. The van der Waals surface area contributed by atoms with Gasteiger partial charge >= 0.3 is 0 Å². The number of nitrogens with one attached hydrogen (secondary N) is 3. The normalized spacial score (nSPS) is 19.9. The van der Waals surface area contributed by atoms with Crippen LogP contribution in [0.1, 0.15) is 112 Å². The minimum atomic E-state index is -0.993. The van der Waals surface area contributed by atoms with Crippen LogP contribution in [0.15, 0.2) is 72.2 Å². The van der Waals surface area contributed by atoms with Crippen molar-refractivity contribution in [3.8, 4) is 22.3 Å². The third-order valence-electron chi connectivity index (χ3n) is 12.8. The standard InChI is InChI=1S/C51H61ClN6O8S/c1-30-42(67-29-55-30)33-14-12-31(13-15-33)26-54-45(63)39-23-36(59)27-58(39)46(64)43(49(2,3)4)56-41(61)28-65-22-10-9-11-40(60)32-16-18-34(19-17-32)44(62)57-47-50(5,6)48(51(47,7)8)66-37-21-20-35(25-53)38(52)24-37/h12-21,24,29,36,39,43,47-48,59H,9-11,22-23,26-28H2,1-8H3,(H,54,63)(H,56,61)(H,57,62)/t36-,39+,43-,47?,48?/m1/s1. The monoisotopic (exact) mass is 952 g/mol. The third kappa shape index (κ3) is 11.9. The number of aromatic nitrogens is 1. The highest BCUT2D eigenvalue weighted by atomic mass is 35.5. The summed E-state index contributed by atoms with van der Waals surface area (Å²) in [6.07, 6.45) is 0.201. The minimum Gasteiger partial charge on any atom is -0.489 e. The van der Waals surface area contributed by atoms with Gasteiger partial charge in [0.1, 0.15) is 36.6 Å². The number of rotatable bonds is 18. The maximum Gasteiger partial charge on any atom is 0.251 e. The van der Waals surface area contributed by atoms with Gasteiger partial charge in [-0.3, -0.25) is 24.0 Å². The quantitative estimate of drug-likeness (QED) is 0.0574. The number of aliphatic hydroxyl groups is 1. The molecule has 0 spiro atoms. The Hall–Kier alpha value is -5.66. The third-order valence-corrected chi connectivity index (χ3v) is 14.1. The number of benzene rings is 3. The highest BCUT2D eigenvalue weighted by Crippen LogP contribution is 2.55. The molecule has 4 aromatic rings. The summed E-state index contributed by atoms with van der Waals surface area (Å²) in [6, 6.07) is 19.3. The van der Waals surface area contributed by atoms with Gasteiger partial charge in [0.2, 0.25) is 17.7 Å². The molecule has 0 bridgehead atoms. The molecule has 3 atom stereocenters. The molecule has 1 aliphatic heterocycles. The smallest absolute Gasteiger partial charge is 0.251 e. The van der Waals surface area contributed by atoms with Gasteiger partial charge in [-0.25, -0.2) is 4.98 Å². The van der Waals surface area contributed by atoms with Crippen molar-refractivity contribution in [2.24, 2.45) is 16.2 Å². The molecule has 0 unspecified atom stereocenters. The molecule has 67 heavy (non-hydrogen) atoms. The Kier molecular flexibility index (Phi) is 16.0. The Morgan fingerprint density at radius 1 is 0.985 bits per heavy atom. The number of unbranched alkanes of at least 4 members (excludes halogenated alkanes) is 1. The lowest BCUT2D eigenvalue weighted by Gasteiger charge is -2.63. The zero-order chi connectivity index (χ0) is 48.8. The molecule has 3 aromatic carbocycles. The lowest BCUT2D eigenvalue weighted by Crippen LogP contribution is -2.74. The topological polar surface area (TPSA) is 200 Å². The first-order chi connectivity index (χ1) is 31.6. The molecule has 1 aliphatic carbocycles. The van der Waals surface area contributed by atoms with Gasteiger partial charge in [-0.1, -0.05) is 96.5 Å². The van der Waals surface area contributed by atoms with Crippen molar-refractivity contribution in [2.75, 3.05) is 19.8 Å². The molecule has 1 saturated carbocycles. The second-order valence-electron chi connectivity index (χ2n) is 19.8. The highest BCUT2D eigenvalue weighted by Gasteiger charge is 2.64. The predicted octanol–water partition coefficient (Wildman–Crippen LogP) is 7.43. The molecular formula is C51H61ClN6O8S. The van der Waals surface area contributed by atoms with E-state index in [4.69, 9.17) is 21.1 Å². The maximum atomic E-state index is 14.0. The van der Waals surface area contributed by atoms with E-state index in [2.05, 4.69) is 20.9 Å². The lowest BCUT2D eigenvalue weighted by atomic mass is 9.49. The van der Waals surface area contributed by atoms with Crippen molar-refractivity contribution in [3.63, 3.8) is 0 Å². The van der Waals surface area contributed by atoms with Crippen LogP contribution < -0.4 is 20.7 Å². The van der Waals surface area contributed by atoms with E-state index in [1.54, 1.807) is 59.3 Å². The first kappa shape index (κ1) is 50.7. The van der Waals surface area contributed by atoms with E-state index in [1.807, 2.05) is 85.7 Å². The fourth-order valence-electron chi connectivity index (χ4n) is 9.40. The average molecular weight is 954 g/mol. The number of hydrogen-bond acceptors (Lipinski definition) is 11. The largest absolute Gasteiger partial charge is 0.489 e. The van der Waals surface area contributed by atoms with E-state index in [0.29, 0.717) is 40.3 Å². The SMILES string of the molecule is Cc1ncsc1-c1ccc(CNC(=O)[C@@H]2C[C@@H](O)CN2C(=O)[C@@H](NC(=O)COCCCCC(=O)c2ccc(C(=O)NC3C(C)(C)C(Oc4ccc(C#N)c(Cl)c4)C3(C)C)cc2)C(C)(C)C)cc1. The Labute approximate surface area is 401 Å². The van der Waals surface area contributed by atoms with Crippen LogP contribution in [0, 0.1) is 34.5 Å². The van der Waals surface area contributed by atoms with Crippen molar-refractivity contribution in [3.05, 3.63) is 105 Å². The van der Waals surface area contributed by atoms with Crippen LogP contribution in [-0.2, 0) is 25.7 Å². The van der Waals surface area contributed by atoms with Gasteiger partial charge in [0.05, 0.1) is 32.8 Å². The average Bonchev–Trinajstić information content (AvgIpc) is 3.91. The molecule has 2 aliphatic rings. The van der Waals surface area contributed by atoms with Crippen LogP contribution in [-0.4, -0.2) is 94.5 Å². The molecule has 1 saturated heterocycles. The number of aliphatic hydroxyl groups excluding tert-OH is 1. The Balaban J connectivity index is 0.913. The number of ether oxygens (including phenoxy) is 2. The number of β-amino-alcohol motifs (C(OH)–C–C–N with tert-alkyl or cyclic N) is 1. The molecule has 1 aromatic heterocycles. The number of carbonyl (C=O) groups excluding carboxylic acids is 5. The number of Topliss-reactive ketones (excluding diaryl/α,β-unsaturated/α-hetero) is 1. The second-order valence-corrected chi connectivity index (χ2v) is 21.0. The lowest BCUT2D eigenvalue weighted by molar-refractivity contribution is -0.164. The van der Waals surface area contributed by atoms with Crippen LogP contribution in [0.2, 0.25) is 5.02 Å². The molecule has 0 radical (unpaired) electrons. The summed E-state index contributed by atoms with van der Waals surface area (Å²) in [5, 5.41) is 29.0. The summed E-state index contributed by atoms with van der Waals surface area (Å²) in [7, 11) is 0. The fourth-order valence-corrected chi connectivity index (χ4v) is 10.4. The summed E-state index contributed by atoms with van der Waals surface area (Å²) in [4.78, 5) is 73.7. The summed E-state index contributed by atoms with van der Waals surface area (Å²) in [5.74, 6) is -1.16. The molecule has 16 heteroatoms. The summed E-state index contributed by atoms with van der Waals surface area (Å²) < 4.78 is 12.0. The predicted molar refractivity (Wildman–Crippen MR) is 256 cm³/mol. The zero-order valence-corrected chi connectivity index (χ0v) is 41.0. The number of amides is 4. The first-order valence-electron chi connectivity index (χ1n) is 22.5. The van der Waals surface area contributed by atoms with Crippen LogP contribution >= 0.6 is 22.9 Å². The Bertz CT molecular complexity index is 2480. The molecule has 2 heterocycles. The van der Waals surface area contributed by atoms with Crippen molar-refractivity contribution >= 4 is 52.3 Å². The molecule has 4 N–H and O–H groups in total. The van der Waals surface area contributed by atoms with Gasteiger partial charge < -0.3 is 35.4 Å². The second kappa shape index (κ2) is 21.1. The highest BCUT2D eigenvalue weighted by molar-refractivity contribution is 7.13. The summed E-state index contributed by atoms with van der Waals surface area (Å²) in [5.41, 5.74) is 4.36. The van der Waals surface area contributed by atoms with Crippen molar-refractivity contribution in [1.82, 2.24) is 25.8 Å². The van der Waals surface area contributed by atoms with Gasteiger partial charge in [-0.05, 0) is 60.6 Å². The van der Waals surface area contributed by atoms with E-state index in [9.17, 15) is 34.3 Å². The van der Waals surface area contributed by atoms with Crippen LogP contribution in [0.5, 0.6) is 5.75 Å². The van der Waals surface area contributed by atoms with Crippen molar-refractivity contribution < 1.29 is 38.6 Å². The van der Waals surface area contributed by atoms with Gasteiger partial charge in [0, 0.05) is 66.6 Å². The van der Waals surface area contributed by atoms with Gasteiger partial charge in [-0.15, -0.1) is 11.3 Å². The maximum absolute atomic E-state index is 14.0. The van der Waals surface area contributed by atoms with E-state index in [1.165, 1.54) is 4.90 Å². The Morgan fingerprint density at radius 2 is 1.66 bits per heavy atom. The van der Waals surface area contributed by atoms with E-state index >= 15 is 0 Å². The number of ketones is 1.